The molecule has 1 amide bonds. The second kappa shape index (κ2) is 8.14. The summed E-state index contributed by atoms with van der Waals surface area (Å²) in [7, 11) is 0. The van der Waals surface area contributed by atoms with Crippen LogP contribution in [0.25, 0.3) is 0 Å². The molecule has 1 aromatic heterocycles. The molecule has 1 aliphatic rings. The van der Waals surface area contributed by atoms with Crippen molar-refractivity contribution < 1.29 is 19.1 Å². The quantitative estimate of drug-likeness (QED) is 0.273. The summed E-state index contributed by atoms with van der Waals surface area (Å²) in [6.45, 7) is -0.162. The average molecular weight is 457 g/mol. The number of nitrogens with zero attached hydrogens (tertiary/aromatic N) is 3. The number of carboxylic acid groups (broad SMARTS) is 1. The molecule has 6 N–H and O–H groups in total. The highest BCUT2D eigenvalue weighted by Crippen LogP contribution is 2.24. The van der Waals surface area contributed by atoms with Gasteiger partial charge >= 0.3 is 11.7 Å². The maximum absolute atomic E-state index is 14.1. The number of nitrogen functional groups attached to an aromatic ring is 1. The Balaban J connectivity index is 1.44. The number of fused-ring (bicyclic) bond motifs is 1. The van der Waals surface area contributed by atoms with Crippen molar-refractivity contribution in [2.45, 2.75) is 25.6 Å². The fourth-order valence-electron chi connectivity index (χ4n) is 3.33. The molecule has 2 heterocycles. The van der Waals surface area contributed by atoms with E-state index in [9.17, 15) is 33.5 Å². The van der Waals surface area contributed by atoms with Crippen LogP contribution in [0, 0.1) is 5.82 Å². The summed E-state index contributed by atoms with van der Waals surface area (Å²) in [5.41, 5.74) is 3.33. The Morgan fingerprint density at radius 3 is 2.70 bits per heavy atom. The molecule has 0 saturated carbocycles. The topological polar surface area (TPSA) is 202 Å². The number of carbonyl (C=O) groups is 2. The number of carboxylic acids is 1. The maximum atomic E-state index is 14.1. The number of H-pyrrole nitrogens is 1. The van der Waals surface area contributed by atoms with E-state index in [0.29, 0.717) is 5.56 Å². The predicted octanol–water partition coefficient (Wildman–Crippen LogP) is -1.08. The van der Waals surface area contributed by atoms with Crippen molar-refractivity contribution in [1.82, 2.24) is 20.1 Å². The fraction of sp³-hybridized carbons (Fsp3) is 0.211. The molecular weight excluding hydrogens is 441 g/mol. The van der Waals surface area contributed by atoms with Gasteiger partial charge in [-0.05, 0) is 17.7 Å². The lowest BCUT2D eigenvalue weighted by atomic mass is 10.1. The smallest absolute Gasteiger partial charge is 0.363 e. The summed E-state index contributed by atoms with van der Waals surface area (Å²) in [5.74, 6) is -2.75. The van der Waals surface area contributed by atoms with Gasteiger partial charge in [0.05, 0.1) is 0 Å². The zero-order chi connectivity index (χ0) is 23.9. The number of halogens is 1. The van der Waals surface area contributed by atoms with Gasteiger partial charge in [0.1, 0.15) is 22.9 Å². The number of hydrogen-bond donors (Lipinski definition) is 5. The molecule has 0 aliphatic carbocycles. The number of aliphatic carboxylic acids is 1. The number of nitrogens with one attached hydrogen (secondary N) is 3. The Labute approximate surface area is 182 Å². The van der Waals surface area contributed by atoms with E-state index in [2.05, 4.69) is 25.7 Å². The minimum atomic E-state index is -1.27. The number of amides is 1. The molecule has 2 aromatic carbocycles. The molecule has 170 valence electrons. The van der Waals surface area contributed by atoms with E-state index < -0.39 is 40.3 Å². The molecule has 14 heteroatoms. The van der Waals surface area contributed by atoms with E-state index in [1.54, 1.807) is 0 Å². The zero-order valence-electron chi connectivity index (χ0n) is 16.7. The number of aliphatic imine (C=N–C) groups is 1. The number of benzene rings is 1. The van der Waals surface area contributed by atoms with Crippen LogP contribution in [-0.4, -0.2) is 37.5 Å². The molecule has 0 bridgehead atoms. The second-order valence-electron chi connectivity index (χ2n) is 7.22. The van der Waals surface area contributed by atoms with Crippen LogP contribution in [0.4, 0.5) is 21.7 Å². The van der Waals surface area contributed by atoms with Gasteiger partial charge < -0.3 is 21.5 Å². The van der Waals surface area contributed by atoms with Crippen molar-refractivity contribution in [3.63, 3.8) is 0 Å². The van der Waals surface area contributed by atoms with Crippen molar-refractivity contribution in [2.75, 3.05) is 11.1 Å². The van der Waals surface area contributed by atoms with E-state index in [-0.39, 0.29) is 48.1 Å². The molecule has 0 spiro atoms. The van der Waals surface area contributed by atoms with Crippen LogP contribution >= 0.6 is 0 Å². The summed E-state index contributed by atoms with van der Waals surface area (Å²) in [4.78, 5) is 65.5. The highest BCUT2D eigenvalue weighted by molar-refractivity contribution is 6.39. The van der Waals surface area contributed by atoms with E-state index in [1.807, 2.05) is 0 Å². The minimum absolute atomic E-state index is 0.0432. The lowest BCUT2D eigenvalue weighted by Crippen LogP contribution is -2.37. The van der Waals surface area contributed by atoms with E-state index in [4.69, 9.17) is 5.73 Å². The third-order valence-electron chi connectivity index (χ3n) is 5.08. The predicted molar refractivity (Wildman–Crippen MR) is 113 cm³/mol. The third kappa shape index (κ3) is 4.00. The molecule has 0 radical (unpaired) electrons. The van der Waals surface area contributed by atoms with Crippen LogP contribution in [0.3, 0.4) is 0 Å². The van der Waals surface area contributed by atoms with Crippen molar-refractivity contribution in [1.29, 1.82) is 0 Å². The van der Waals surface area contributed by atoms with Gasteiger partial charge in [0.2, 0.25) is 0 Å². The second-order valence-corrected chi connectivity index (χ2v) is 7.22. The van der Waals surface area contributed by atoms with Crippen molar-refractivity contribution in [3.05, 3.63) is 66.1 Å². The van der Waals surface area contributed by atoms with Gasteiger partial charge in [0.15, 0.2) is 6.04 Å². The first-order valence-corrected chi connectivity index (χ1v) is 9.52. The lowest BCUT2D eigenvalue weighted by Gasteiger charge is -2.20. The van der Waals surface area contributed by atoms with Crippen molar-refractivity contribution in [3.8, 4) is 0 Å². The Morgan fingerprint density at radius 1 is 1.24 bits per heavy atom. The van der Waals surface area contributed by atoms with Crippen LogP contribution in [0.15, 0.2) is 37.6 Å². The van der Waals surface area contributed by atoms with Crippen molar-refractivity contribution in [2.24, 2.45) is 4.99 Å². The summed E-state index contributed by atoms with van der Waals surface area (Å²) in [5, 5.41) is 16.8. The maximum Gasteiger partial charge on any atom is 0.363 e. The van der Waals surface area contributed by atoms with Gasteiger partial charge in [-0.2, -0.15) is 4.98 Å². The van der Waals surface area contributed by atoms with Crippen LogP contribution in [-0.2, 0) is 22.7 Å². The summed E-state index contributed by atoms with van der Waals surface area (Å²) in [6.07, 6.45) is -0.275. The molecule has 0 saturated heterocycles. The number of anilines is 2. The molecule has 4 rings (SSSR count). The summed E-state index contributed by atoms with van der Waals surface area (Å²) in [6, 6.07) is 2.79. The van der Waals surface area contributed by atoms with Crippen LogP contribution < -0.4 is 32.9 Å². The first kappa shape index (κ1) is 21.6. The summed E-state index contributed by atoms with van der Waals surface area (Å²) >= 11 is 0. The average Bonchev–Trinajstić information content (AvgIpc) is 3.17. The van der Waals surface area contributed by atoms with Gasteiger partial charge in [-0.25, -0.2) is 28.8 Å². The Bertz CT molecular complexity index is 1450. The number of rotatable bonds is 7. The number of carbonyl (C=O) groups excluding carboxylic acids is 1. The van der Waals surface area contributed by atoms with Crippen LogP contribution in [0.2, 0.25) is 0 Å². The number of hydrogen-bond acceptors (Lipinski definition) is 9. The Morgan fingerprint density at radius 2 is 2.00 bits per heavy atom. The molecule has 33 heavy (non-hydrogen) atoms. The van der Waals surface area contributed by atoms with Crippen LogP contribution in [0.1, 0.15) is 23.6 Å². The number of aromatic amines is 1. The molecule has 1 aliphatic heterocycles. The van der Waals surface area contributed by atoms with Gasteiger partial charge in [-0.3, -0.25) is 14.4 Å². The Kier molecular flexibility index (Phi) is 5.33. The molecular formula is C19H16FN7O6. The normalized spacial score (nSPS) is 15.1. The van der Waals surface area contributed by atoms with Gasteiger partial charge in [-0.1, -0.05) is 6.07 Å². The molecule has 13 nitrogen and oxygen atoms in total. The third-order valence-corrected chi connectivity index (χ3v) is 5.08. The first-order valence-electron chi connectivity index (χ1n) is 9.52. The minimum Gasteiger partial charge on any atom is -0.480 e. The monoisotopic (exact) mass is 457 g/mol. The highest BCUT2D eigenvalue weighted by Gasteiger charge is 2.32. The first-order chi connectivity index (χ1) is 15.7. The van der Waals surface area contributed by atoms with Gasteiger partial charge in [0, 0.05) is 25.1 Å². The van der Waals surface area contributed by atoms with E-state index in [0.717, 1.165) is 4.68 Å². The number of nitrogens with two attached hydrogens (primary N) is 1. The molecule has 1 unspecified atom stereocenters. The van der Waals surface area contributed by atoms with E-state index >= 15 is 0 Å². The highest BCUT2D eigenvalue weighted by atomic mass is 19.1. The zero-order valence-corrected chi connectivity index (χ0v) is 16.7. The fourth-order valence-corrected chi connectivity index (χ4v) is 3.33. The number of aromatic nitrogens is 3. The van der Waals surface area contributed by atoms with E-state index in [1.165, 1.54) is 18.2 Å². The van der Waals surface area contributed by atoms with Gasteiger partial charge in [0.25, 0.3) is 22.7 Å². The van der Waals surface area contributed by atoms with Crippen LogP contribution in [0.5, 0.6) is 0 Å². The van der Waals surface area contributed by atoms with Crippen molar-refractivity contribution >= 4 is 34.9 Å². The van der Waals surface area contributed by atoms with Gasteiger partial charge in [-0.15, -0.1) is 0 Å². The standard InChI is InChI=1S/C19H16FN7O6/c20-9-2-1-7(3-8(9)6-22-13-12(21)14(28)15(13)29)5-23-16(30)10-4-11(17(31)32)27-18(24-10)25-19(33)26-27/h1-3,11,22H,4-6,21H2,(H,23,30)(H,26,33)(H,31,32). The molecule has 3 aromatic rings. The summed E-state index contributed by atoms with van der Waals surface area (Å²) < 4.78 is 15.1. The SMILES string of the molecule is Nc1c(NCc2cc(CNC(=O)C3=Nc4nc(=O)[nH]n4C(C(=O)O)C3)ccc2F)c(=O)c1=O. The molecule has 0 fully saturated rings. The Hall–Kier alpha value is -4.62. The molecule has 1 atom stereocenters. The lowest BCUT2D eigenvalue weighted by molar-refractivity contribution is -0.141. The largest absolute Gasteiger partial charge is 0.480 e.